The maximum absolute atomic E-state index is 11.8. The number of rotatable bonds is 7. The first-order valence-electron chi connectivity index (χ1n) is 6.91. The Morgan fingerprint density at radius 1 is 1.17 bits per heavy atom. The largest absolute Gasteiger partial charge is 0.356 e. The Morgan fingerprint density at radius 3 is 2.44 bits per heavy atom. The summed E-state index contributed by atoms with van der Waals surface area (Å²) in [5, 5.41) is 3.00. The summed E-state index contributed by atoms with van der Waals surface area (Å²) < 4.78 is 0. The molecule has 18 heavy (non-hydrogen) atoms. The molecule has 0 spiro atoms. The number of nitrogens with one attached hydrogen (secondary N) is 1. The van der Waals surface area contributed by atoms with Gasteiger partial charge < -0.3 is 5.32 Å². The highest BCUT2D eigenvalue weighted by atomic mass is 16.1. The fourth-order valence-electron chi connectivity index (χ4n) is 1.99. The number of hydrogen-bond acceptors (Lipinski definition) is 1. The van der Waals surface area contributed by atoms with Crippen molar-refractivity contribution in [1.29, 1.82) is 0 Å². The van der Waals surface area contributed by atoms with Crippen LogP contribution in [0.5, 0.6) is 0 Å². The van der Waals surface area contributed by atoms with Gasteiger partial charge in [-0.25, -0.2) is 0 Å². The summed E-state index contributed by atoms with van der Waals surface area (Å²) in [5.41, 5.74) is 1.23. The molecule has 0 aliphatic carbocycles. The van der Waals surface area contributed by atoms with Gasteiger partial charge in [0.25, 0.3) is 0 Å². The zero-order valence-corrected chi connectivity index (χ0v) is 11.8. The van der Waals surface area contributed by atoms with Gasteiger partial charge in [-0.1, -0.05) is 51.1 Å². The van der Waals surface area contributed by atoms with Crippen LogP contribution in [-0.2, 0) is 4.79 Å². The second kappa shape index (κ2) is 7.91. The summed E-state index contributed by atoms with van der Waals surface area (Å²) in [4.78, 5) is 11.8. The first-order chi connectivity index (χ1) is 8.59. The molecule has 1 aromatic rings. The van der Waals surface area contributed by atoms with Crippen molar-refractivity contribution in [2.75, 3.05) is 6.54 Å². The topological polar surface area (TPSA) is 29.1 Å². The third kappa shape index (κ3) is 5.85. The van der Waals surface area contributed by atoms with Gasteiger partial charge in [0, 0.05) is 13.0 Å². The van der Waals surface area contributed by atoms with E-state index in [9.17, 15) is 4.79 Å². The lowest BCUT2D eigenvalue weighted by Gasteiger charge is -2.12. The molecule has 0 saturated carbocycles. The van der Waals surface area contributed by atoms with E-state index < -0.39 is 0 Å². The SMILES string of the molecule is CC(C)CCCNC(=O)CC(C)c1ccccc1. The molecule has 0 heterocycles. The van der Waals surface area contributed by atoms with Crippen LogP contribution in [0.4, 0.5) is 0 Å². The maximum atomic E-state index is 11.8. The van der Waals surface area contributed by atoms with Crippen LogP contribution in [0.25, 0.3) is 0 Å². The highest BCUT2D eigenvalue weighted by molar-refractivity contribution is 5.76. The first kappa shape index (κ1) is 14.7. The average molecular weight is 247 g/mol. The van der Waals surface area contributed by atoms with Gasteiger partial charge in [-0.05, 0) is 30.2 Å². The van der Waals surface area contributed by atoms with Crippen LogP contribution in [-0.4, -0.2) is 12.5 Å². The zero-order chi connectivity index (χ0) is 13.4. The van der Waals surface area contributed by atoms with E-state index in [1.54, 1.807) is 0 Å². The van der Waals surface area contributed by atoms with Gasteiger partial charge in [-0.15, -0.1) is 0 Å². The molecule has 1 rings (SSSR count). The Labute approximate surface area is 111 Å². The Bertz CT molecular complexity index is 345. The number of hydrogen-bond donors (Lipinski definition) is 1. The van der Waals surface area contributed by atoms with Gasteiger partial charge in [0.2, 0.25) is 5.91 Å². The van der Waals surface area contributed by atoms with Crippen LogP contribution < -0.4 is 5.32 Å². The van der Waals surface area contributed by atoms with E-state index in [4.69, 9.17) is 0 Å². The van der Waals surface area contributed by atoms with Crippen molar-refractivity contribution >= 4 is 5.91 Å². The lowest BCUT2D eigenvalue weighted by Crippen LogP contribution is -2.25. The van der Waals surface area contributed by atoms with E-state index >= 15 is 0 Å². The van der Waals surface area contributed by atoms with E-state index in [1.807, 2.05) is 18.2 Å². The van der Waals surface area contributed by atoms with Crippen LogP contribution >= 0.6 is 0 Å². The van der Waals surface area contributed by atoms with Crippen molar-refractivity contribution in [3.63, 3.8) is 0 Å². The van der Waals surface area contributed by atoms with E-state index in [2.05, 4.69) is 38.2 Å². The second-order valence-corrected chi connectivity index (χ2v) is 5.40. The summed E-state index contributed by atoms with van der Waals surface area (Å²) in [7, 11) is 0. The molecule has 1 unspecified atom stereocenters. The minimum Gasteiger partial charge on any atom is -0.356 e. The molecular weight excluding hydrogens is 222 g/mol. The van der Waals surface area contributed by atoms with E-state index in [-0.39, 0.29) is 11.8 Å². The second-order valence-electron chi connectivity index (χ2n) is 5.40. The molecule has 1 atom stereocenters. The van der Waals surface area contributed by atoms with Gasteiger partial charge in [0.1, 0.15) is 0 Å². The molecule has 2 heteroatoms. The number of amides is 1. The molecule has 1 amide bonds. The van der Waals surface area contributed by atoms with Crippen LogP contribution in [0.1, 0.15) is 51.5 Å². The lowest BCUT2D eigenvalue weighted by molar-refractivity contribution is -0.121. The van der Waals surface area contributed by atoms with Crippen molar-refractivity contribution in [2.24, 2.45) is 5.92 Å². The van der Waals surface area contributed by atoms with Crippen molar-refractivity contribution in [3.8, 4) is 0 Å². The lowest BCUT2D eigenvalue weighted by atomic mass is 9.97. The quantitative estimate of drug-likeness (QED) is 0.731. The van der Waals surface area contributed by atoms with Crippen molar-refractivity contribution < 1.29 is 4.79 Å². The number of benzene rings is 1. The molecule has 0 aromatic heterocycles. The Kier molecular flexibility index (Phi) is 6.48. The van der Waals surface area contributed by atoms with Crippen molar-refractivity contribution in [1.82, 2.24) is 5.32 Å². The third-order valence-corrected chi connectivity index (χ3v) is 3.14. The van der Waals surface area contributed by atoms with E-state index in [1.165, 1.54) is 12.0 Å². The Morgan fingerprint density at radius 2 is 1.83 bits per heavy atom. The average Bonchev–Trinajstić information content (AvgIpc) is 2.35. The van der Waals surface area contributed by atoms with E-state index in [0.29, 0.717) is 12.3 Å². The Hall–Kier alpha value is -1.31. The molecule has 0 radical (unpaired) electrons. The number of carbonyl (C=O) groups is 1. The minimum atomic E-state index is 0.162. The molecule has 100 valence electrons. The summed E-state index contributed by atoms with van der Waals surface area (Å²) in [5.74, 6) is 1.16. The predicted octanol–water partition coefficient (Wildman–Crippen LogP) is 3.73. The highest BCUT2D eigenvalue weighted by Gasteiger charge is 2.10. The summed E-state index contributed by atoms with van der Waals surface area (Å²) in [6.45, 7) is 7.32. The Balaban J connectivity index is 2.24. The number of carbonyl (C=O) groups excluding carboxylic acids is 1. The summed E-state index contributed by atoms with van der Waals surface area (Å²) in [6, 6.07) is 10.2. The van der Waals surface area contributed by atoms with Crippen LogP contribution in [0.3, 0.4) is 0 Å². The fourth-order valence-corrected chi connectivity index (χ4v) is 1.99. The van der Waals surface area contributed by atoms with Gasteiger partial charge in [0.15, 0.2) is 0 Å². The molecule has 0 fully saturated rings. The molecule has 1 N–H and O–H groups in total. The molecule has 0 aliphatic heterocycles. The molecule has 1 aromatic carbocycles. The summed E-state index contributed by atoms with van der Waals surface area (Å²) in [6.07, 6.45) is 2.82. The molecular formula is C16H25NO. The zero-order valence-electron chi connectivity index (χ0n) is 11.8. The standard InChI is InChI=1S/C16H25NO/c1-13(2)8-7-11-17-16(18)12-14(3)15-9-5-4-6-10-15/h4-6,9-10,13-14H,7-8,11-12H2,1-3H3,(H,17,18). The highest BCUT2D eigenvalue weighted by Crippen LogP contribution is 2.17. The molecule has 0 saturated heterocycles. The van der Waals surface area contributed by atoms with Gasteiger partial charge in [0.05, 0.1) is 0 Å². The maximum Gasteiger partial charge on any atom is 0.220 e. The fraction of sp³-hybridized carbons (Fsp3) is 0.562. The normalized spacial score (nSPS) is 12.4. The van der Waals surface area contributed by atoms with Crippen molar-refractivity contribution in [2.45, 2.75) is 46.0 Å². The summed E-state index contributed by atoms with van der Waals surface area (Å²) >= 11 is 0. The molecule has 0 bridgehead atoms. The van der Waals surface area contributed by atoms with Crippen molar-refractivity contribution in [3.05, 3.63) is 35.9 Å². The third-order valence-electron chi connectivity index (χ3n) is 3.14. The molecule has 0 aliphatic rings. The van der Waals surface area contributed by atoms with Crippen LogP contribution in [0.15, 0.2) is 30.3 Å². The monoisotopic (exact) mass is 247 g/mol. The van der Waals surface area contributed by atoms with Crippen LogP contribution in [0, 0.1) is 5.92 Å². The molecule has 2 nitrogen and oxygen atoms in total. The van der Waals surface area contributed by atoms with Gasteiger partial charge in [-0.3, -0.25) is 4.79 Å². The van der Waals surface area contributed by atoms with E-state index in [0.717, 1.165) is 13.0 Å². The van der Waals surface area contributed by atoms with Gasteiger partial charge in [-0.2, -0.15) is 0 Å². The predicted molar refractivity (Wildman–Crippen MR) is 76.6 cm³/mol. The van der Waals surface area contributed by atoms with Crippen LogP contribution in [0.2, 0.25) is 0 Å². The first-order valence-corrected chi connectivity index (χ1v) is 6.91. The van der Waals surface area contributed by atoms with Gasteiger partial charge >= 0.3 is 0 Å². The smallest absolute Gasteiger partial charge is 0.220 e. The minimum absolute atomic E-state index is 0.162.